The fraction of sp³-hybridized carbons (Fsp3) is 0.353. The van der Waals surface area contributed by atoms with E-state index in [4.69, 9.17) is 23.2 Å². The molecule has 0 unspecified atom stereocenters. The molecule has 1 N–H and O–H groups in total. The Morgan fingerprint density at radius 2 is 1.88 bits per heavy atom. The van der Waals surface area contributed by atoms with Gasteiger partial charge in [-0.3, -0.25) is 4.79 Å². The number of benzene rings is 1. The average Bonchev–Trinajstić information content (AvgIpc) is 2.59. The zero-order chi connectivity index (χ0) is 17.1. The summed E-state index contributed by atoms with van der Waals surface area (Å²) in [6, 6.07) is 5.10. The van der Waals surface area contributed by atoms with Crippen molar-refractivity contribution in [2.45, 2.75) is 19.8 Å². The number of hydrogen-bond donors (Lipinski definition) is 1. The number of nitrogens with zero attached hydrogens (tertiary/aromatic N) is 3. The maximum atomic E-state index is 12.5. The number of anilines is 2. The standard InChI is InChI=1S/C17H18Cl2N4O/c1-11-4-6-23(7-5-11)16(24)12-9-20-17(21-10-12)22-15-8-13(18)2-3-14(15)19/h2-3,8-11H,4-7H2,1H3,(H,20,21,22). The van der Waals surface area contributed by atoms with E-state index in [0.29, 0.717) is 33.2 Å². The minimum atomic E-state index is -0.0192. The molecule has 5 nitrogen and oxygen atoms in total. The van der Waals surface area contributed by atoms with Gasteiger partial charge in [-0.1, -0.05) is 30.1 Å². The number of halogens is 2. The first-order valence-corrected chi connectivity index (χ1v) is 8.62. The van der Waals surface area contributed by atoms with Crippen LogP contribution in [0.2, 0.25) is 10.0 Å². The fourth-order valence-electron chi connectivity index (χ4n) is 2.61. The van der Waals surface area contributed by atoms with Crippen LogP contribution in [-0.4, -0.2) is 33.9 Å². The third-order valence-electron chi connectivity index (χ3n) is 4.14. The quantitative estimate of drug-likeness (QED) is 0.876. The molecule has 1 aliphatic heterocycles. The van der Waals surface area contributed by atoms with Crippen molar-refractivity contribution in [1.82, 2.24) is 14.9 Å². The van der Waals surface area contributed by atoms with Gasteiger partial charge in [0.1, 0.15) is 0 Å². The third-order valence-corrected chi connectivity index (χ3v) is 4.71. The van der Waals surface area contributed by atoms with Crippen molar-refractivity contribution in [2.75, 3.05) is 18.4 Å². The molecule has 0 bridgehead atoms. The van der Waals surface area contributed by atoms with Crippen LogP contribution in [0.25, 0.3) is 0 Å². The molecular formula is C17H18Cl2N4O. The number of aromatic nitrogens is 2. The number of rotatable bonds is 3. The molecule has 126 valence electrons. The average molecular weight is 365 g/mol. The summed E-state index contributed by atoms with van der Waals surface area (Å²) >= 11 is 12.1. The summed E-state index contributed by atoms with van der Waals surface area (Å²) in [7, 11) is 0. The number of likely N-dealkylation sites (tertiary alicyclic amines) is 1. The first-order valence-electron chi connectivity index (χ1n) is 7.86. The number of carbonyl (C=O) groups excluding carboxylic acids is 1. The second-order valence-electron chi connectivity index (χ2n) is 6.02. The summed E-state index contributed by atoms with van der Waals surface area (Å²) < 4.78 is 0. The minimum Gasteiger partial charge on any atom is -0.339 e. The van der Waals surface area contributed by atoms with E-state index in [1.165, 1.54) is 12.4 Å². The summed E-state index contributed by atoms with van der Waals surface area (Å²) in [5, 5.41) is 4.08. The van der Waals surface area contributed by atoms with Gasteiger partial charge < -0.3 is 10.2 Å². The van der Waals surface area contributed by atoms with E-state index in [9.17, 15) is 4.79 Å². The monoisotopic (exact) mass is 364 g/mol. The van der Waals surface area contributed by atoms with Crippen molar-refractivity contribution in [3.8, 4) is 0 Å². The molecule has 2 heterocycles. The van der Waals surface area contributed by atoms with E-state index in [0.717, 1.165) is 25.9 Å². The van der Waals surface area contributed by atoms with E-state index in [1.807, 2.05) is 4.90 Å². The van der Waals surface area contributed by atoms with Crippen LogP contribution >= 0.6 is 23.2 Å². The van der Waals surface area contributed by atoms with E-state index in [1.54, 1.807) is 18.2 Å². The van der Waals surface area contributed by atoms with Gasteiger partial charge in [0.15, 0.2) is 0 Å². The molecule has 0 saturated carbocycles. The predicted octanol–water partition coefficient (Wildman–Crippen LogP) is 4.40. The van der Waals surface area contributed by atoms with Gasteiger partial charge in [0.05, 0.1) is 16.3 Å². The second kappa shape index (κ2) is 7.36. The molecular weight excluding hydrogens is 347 g/mol. The third kappa shape index (κ3) is 3.97. The number of hydrogen-bond acceptors (Lipinski definition) is 4. The lowest BCUT2D eigenvalue weighted by Gasteiger charge is -2.30. The van der Waals surface area contributed by atoms with Crippen LogP contribution in [0.5, 0.6) is 0 Å². The molecule has 1 amide bonds. The molecule has 7 heteroatoms. The number of carbonyl (C=O) groups is 1. The Bertz CT molecular complexity index is 728. The summed E-state index contributed by atoms with van der Waals surface area (Å²) in [6.45, 7) is 3.79. The van der Waals surface area contributed by atoms with Crippen molar-refractivity contribution in [1.29, 1.82) is 0 Å². The molecule has 0 radical (unpaired) electrons. The van der Waals surface area contributed by atoms with Gasteiger partial charge in [-0.25, -0.2) is 9.97 Å². The Labute approximate surface area is 151 Å². The van der Waals surface area contributed by atoms with Crippen molar-refractivity contribution < 1.29 is 4.79 Å². The lowest BCUT2D eigenvalue weighted by molar-refractivity contribution is 0.0696. The van der Waals surface area contributed by atoms with Crippen LogP contribution in [0.1, 0.15) is 30.1 Å². The van der Waals surface area contributed by atoms with Gasteiger partial charge in [-0.05, 0) is 37.0 Å². The maximum absolute atomic E-state index is 12.5. The Morgan fingerprint density at radius 1 is 1.21 bits per heavy atom. The normalized spacial score (nSPS) is 15.4. The zero-order valence-corrected chi connectivity index (χ0v) is 14.8. The SMILES string of the molecule is CC1CCN(C(=O)c2cnc(Nc3cc(Cl)ccc3Cl)nc2)CC1. The summed E-state index contributed by atoms with van der Waals surface area (Å²) in [5.74, 6) is 1.02. The lowest BCUT2D eigenvalue weighted by atomic mass is 9.99. The smallest absolute Gasteiger partial charge is 0.256 e. The highest BCUT2D eigenvalue weighted by Crippen LogP contribution is 2.27. The number of piperidine rings is 1. The highest BCUT2D eigenvalue weighted by molar-refractivity contribution is 6.35. The number of nitrogens with one attached hydrogen (secondary N) is 1. The van der Waals surface area contributed by atoms with Crippen LogP contribution < -0.4 is 5.32 Å². The molecule has 1 aromatic heterocycles. The van der Waals surface area contributed by atoms with Crippen molar-refractivity contribution >= 4 is 40.7 Å². The van der Waals surface area contributed by atoms with Gasteiger partial charge in [0.25, 0.3) is 5.91 Å². The Balaban J connectivity index is 1.69. The highest BCUT2D eigenvalue weighted by Gasteiger charge is 2.21. The predicted molar refractivity (Wildman–Crippen MR) is 96.1 cm³/mol. The molecule has 0 aliphatic carbocycles. The van der Waals surface area contributed by atoms with Crippen LogP contribution in [0.4, 0.5) is 11.6 Å². The molecule has 3 rings (SSSR count). The van der Waals surface area contributed by atoms with E-state index >= 15 is 0 Å². The van der Waals surface area contributed by atoms with Gasteiger partial charge in [-0.2, -0.15) is 0 Å². The summed E-state index contributed by atoms with van der Waals surface area (Å²) in [5.41, 5.74) is 1.11. The lowest BCUT2D eigenvalue weighted by Crippen LogP contribution is -2.38. The van der Waals surface area contributed by atoms with E-state index in [2.05, 4.69) is 22.2 Å². The minimum absolute atomic E-state index is 0.0192. The zero-order valence-electron chi connectivity index (χ0n) is 13.3. The maximum Gasteiger partial charge on any atom is 0.256 e. The van der Waals surface area contributed by atoms with Gasteiger partial charge >= 0.3 is 0 Å². The fourth-order valence-corrected chi connectivity index (χ4v) is 2.95. The molecule has 0 atom stereocenters. The Hall–Kier alpha value is -1.85. The summed E-state index contributed by atoms with van der Waals surface area (Å²) in [6.07, 6.45) is 5.15. The molecule has 24 heavy (non-hydrogen) atoms. The highest BCUT2D eigenvalue weighted by atomic mass is 35.5. The second-order valence-corrected chi connectivity index (χ2v) is 6.86. The molecule has 2 aromatic rings. The van der Waals surface area contributed by atoms with Gasteiger partial charge in [0.2, 0.25) is 5.95 Å². The van der Waals surface area contributed by atoms with Crippen molar-refractivity contribution in [2.24, 2.45) is 5.92 Å². The molecule has 1 fully saturated rings. The van der Waals surface area contributed by atoms with Crippen molar-refractivity contribution in [3.63, 3.8) is 0 Å². The summed E-state index contributed by atoms with van der Waals surface area (Å²) in [4.78, 5) is 22.7. The van der Waals surface area contributed by atoms with Crippen molar-refractivity contribution in [3.05, 3.63) is 46.2 Å². The topological polar surface area (TPSA) is 58.1 Å². The molecule has 0 spiro atoms. The molecule has 1 aromatic carbocycles. The molecule has 1 aliphatic rings. The van der Waals surface area contributed by atoms with Crippen LogP contribution in [0, 0.1) is 5.92 Å². The largest absolute Gasteiger partial charge is 0.339 e. The first-order chi connectivity index (χ1) is 11.5. The number of amides is 1. The Kier molecular flexibility index (Phi) is 5.21. The van der Waals surface area contributed by atoms with Gasteiger partial charge in [0, 0.05) is 30.5 Å². The van der Waals surface area contributed by atoms with E-state index in [-0.39, 0.29) is 5.91 Å². The van der Waals surface area contributed by atoms with Crippen LogP contribution in [0.3, 0.4) is 0 Å². The Morgan fingerprint density at radius 3 is 2.54 bits per heavy atom. The van der Waals surface area contributed by atoms with Crippen LogP contribution in [0.15, 0.2) is 30.6 Å². The van der Waals surface area contributed by atoms with E-state index < -0.39 is 0 Å². The first kappa shape index (κ1) is 17.0. The van der Waals surface area contributed by atoms with Crippen LogP contribution in [-0.2, 0) is 0 Å². The molecule has 1 saturated heterocycles. The van der Waals surface area contributed by atoms with Gasteiger partial charge in [-0.15, -0.1) is 0 Å².